The third kappa shape index (κ3) is 3.18. The van der Waals surface area contributed by atoms with E-state index in [1.165, 1.54) is 6.07 Å². The number of methoxy groups -OCH3 is 1. The Balaban J connectivity index is 2.20. The van der Waals surface area contributed by atoms with Gasteiger partial charge < -0.3 is 9.64 Å². The topological polar surface area (TPSA) is 72.7 Å². The predicted octanol–water partition coefficient (Wildman–Crippen LogP) is 2.38. The van der Waals surface area contributed by atoms with Crippen molar-refractivity contribution in [3.05, 3.63) is 39.7 Å². The minimum Gasteiger partial charge on any atom is -0.377 e. The summed E-state index contributed by atoms with van der Waals surface area (Å²) < 4.78 is 19.0. The molecule has 21 heavy (non-hydrogen) atoms. The van der Waals surface area contributed by atoms with Gasteiger partial charge in [-0.25, -0.2) is 0 Å². The van der Waals surface area contributed by atoms with Gasteiger partial charge in [-0.2, -0.15) is 4.39 Å². The van der Waals surface area contributed by atoms with Crippen molar-refractivity contribution < 1.29 is 18.8 Å². The molecule has 0 N–H and O–H groups in total. The average molecular weight is 296 g/mol. The molecular formula is C14H17FN2O4. The van der Waals surface area contributed by atoms with Crippen LogP contribution in [0.25, 0.3) is 0 Å². The SMILES string of the molecule is COC1(C)CCCN(C(=O)c2ccc([N+](=O)[O-])c(F)c2)C1. The van der Waals surface area contributed by atoms with Crippen molar-refractivity contribution in [2.75, 3.05) is 20.2 Å². The van der Waals surface area contributed by atoms with Crippen LogP contribution < -0.4 is 0 Å². The molecule has 1 fully saturated rings. The summed E-state index contributed by atoms with van der Waals surface area (Å²) in [7, 11) is 1.60. The number of hydrogen-bond acceptors (Lipinski definition) is 4. The largest absolute Gasteiger partial charge is 0.377 e. The van der Waals surface area contributed by atoms with Crippen LogP contribution in [0.1, 0.15) is 30.1 Å². The van der Waals surface area contributed by atoms with E-state index in [-0.39, 0.29) is 11.5 Å². The molecule has 2 rings (SSSR count). The zero-order chi connectivity index (χ0) is 15.6. The Bertz CT molecular complexity index is 578. The molecule has 0 aromatic heterocycles. The van der Waals surface area contributed by atoms with Gasteiger partial charge in [-0.05, 0) is 31.9 Å². The fourth-order valence-electron chi connectivity index (χ4n) is 2.52. The minimum atomic E-state index is -1.00. The number of halogens is 1. The maximum atomic E-state index is 13.6. The lowest BCUT2D eigenvalue weighted by Crippen LogP contribution is -2.49. The lowest BCUT2D eigenvalue weighted by Gasteiger charge is -2.39. The molecule has 7 heteroatoms. The summed E-state index contributed by atoms with van der Waals surface area (Å²) in [5.41, 5.74) is -0.932. The van der Waals surface area contributed by atoms with Crippen LogP contribution >= 0.6 is 0 Å². The molecule has 1 aliphatic heterocycles. The number of hydrogen-bond donors (Lipinski definition) is 0. The van der Waals surface area contributed by atoms with Crippen molar-refractivity contribution >= 4 is 11.6 Å². The number of ether oxygens (including phenoxy) is 1. The van der Waals surface area contributed by atoms with Crippen LogP contribution in [-0.2, 0) is 4.74 Å². The summed E-state index contributed by atoms with van der Waals surface area (Å²) >= 11 is 0. The molecule has 1 heterocycles. The van der Waals surface area contributed by atoms with Crippen LogP contribution in [0, 0.1) is 15.9 Å². The summed E-state index contributed by atoms with van der Waals surface area (Å²) in [5, 5.41) is 10.6. The average Bonchev–Trinajstić information content (AvgIpc) is 2.46. The van der Waals surface area contributed by atoms with Crippen LogP contribution in [0.15, 0.2) is 18.2 Å². The Morgan fingerprint density at radius 3 is 2.81 bits per heavy atom. The number of nitrogens with zero attached hydrogens (tertiary/aromatic N) is 2. The number of benzene rings is 1. The smallest absolute Gasteiger partial charge is 0.304 e. The Kier molecular flexibility index (Phi) is 4.22. The number of nitro benzene ring substituents is 1. The highest BCUT2D eigenvalue weighted by molar-refractivity contribution is 5.94. The van der Waals surface area contributed by atoms with Crippen LogP contribution in [0.2, 0.25) is 0 Å². The first-order valence-corrected chi connectivity index (χ1v) is 6.65. The predicted molar refractivity (Wildman–Crippen MR) is 73.6 cm³/mol. The van der Waals surface area contributed by atoms with E-state index in [1.54, 1.807) is 12.0 Å². The van der Waals surface area contributed by atoms with E-state index in [2.05, 4.69) is 0 Å². The standard InChI is InChI=1S/C14H17FN2O4/c1-14(21-2)6-3-7-16(9-14)13(18)10-4-5-12(17(19)20)11(15)8-10/h4-5,8H,3,6-7,9H2,1-2H3. The summed E-state index contributed by atoms with van der Waals surface area (Å²) in [6, 6.07) is 3.21. The maximum Gasteiger partial charge on any atom is 0.304 e. The van der Waals surface area contributed by atoms with E-state index in [0.717, 1.165) is 25.0 Å². The Labute approximate surface area is 121 Å². The van der Waals surface area contributed by atoms with E-state index in [4.69, 9.17) is 4.74 Å². The molecule has 1 amide bonds. The van der Waals surface area contributed by atoms with Crippen LogP contribution in [0.4, 0.5) is 10.1 Å². The zero-order valence-corrected chi connectivity index (χ0v) is 12.0. The Hall–Kier alpha value is -2.02. The molecule has 1 aromatic carbocycles. The molecule has 1 aliphatic rings. The van der Waals surface area contributed by atoms with Gasteiger partial charge in [-0.15, -0.1) is 0 Å². The first-order chi connectivity index (χ1) is 9.86. The third-order valence-electron chi connectivity index (χ3n) is 3.83. The number of likely N-dealkylation sites (tertiary alicyclic amines) is 1. The molecule has 1 saturated heterocycles. The maximum absolute atomic E-state index is 13.6. The Morgan fingerprint density at radius 1 is 1.52 bits per heavy atom. The molecule has 1 atom stereocenters. The van der Waals surface area contributed by atoms with Crippen molar-refractivity contribution in [2.24, 2.45) is 0 Å². The summed E-state index contributed by atoms with van der Waals surface area (Å²) in [4.78, 5) is 23.7. The number of carbonyl (C=O) groups is 1. The number of amides is 1. The van der Waals surface area contributed by atoms with Gasteiger partial charge in [0, 0.05) is 31.8 Å². The second-order valence-electron chi connectivity index (χ2n) is 5.41. The summed E-state index contributed by atoms with van der Waals surface area (Å²) in [6.07, 6.45) is 1.65. The second kappa shape index (κ2) is 5.77. The molecule has 0 aliphatic carbocycles. The van der Waals surface area contributed by atoms with Gasteiger partial charge in [0.25, 0.3) is 5.91 Å². The highest BCUT2D eigenvalue weighted by Gasteiger charge is 2.33. The van der Waals surface area contributed by atoms with Crippen molar-refractivity contribution in [1.82, 2.24) is 4.90 Å². The molecule has 114 valence electrons. The molecular weight excluding hydrogens is 279 g/mol. The van der Waals surface area contributed by atoms with Crippen LogP contribution in [0.5, 0.6) is 0 Å². The fourth-order valence-corrected chi connectivity index (χ4v) is 2.52. The normalized spacial score (nSPS) is 22.1. The first-order valence-electron chi connectivity index (χ1n) is 6.65. The van der Waals surface area contributed by atoms with Crippen molar-refractivity contribution in [1.29, 1.82) is 0 Å². The van der Waals surface area contributed by atoms with E-state index < -0.39 is 22.0 Å². The van der Waals surface area contributed by atoms with Gasteiger partial charge in [0.05, 0.1) is 10.5 Å². The molecule has 1 unspecified atom stereocenters. The van der Waals surface area contributed by atoms with Crippen LogP contribution in [0.3, 0.4) is 0 Å². The van der Waals surface area contributed by atoms with E-state index >= 15 is 0 Å². The Morgan fingerprint density at radius 2 is 2.24 bits per heavy atom. The molecule has 1 aromatic rings. The van der Waals surface area contributed by atoms with E-state index in [1.807, 2.05) is 6.92 Å². The minimum absolute atomic E-state index is 0.110. The third-order valence-corrected chi connectivity index (χ3v) is 3.83. The number of piperidine rings is 1. The van der Waals surface area contributed by atoms with E-state index in [0.29, 0.717) is 13.1 Å². The number of rotatable bonds is 3. The number of carbonyl (C=O) groups excluding carboxylic acids is 1. The monoisotopic (exact) mass is 296 g/mol. The summed E-state index contributed by atoms with van der Waals surface area (Å²) in [6.45, 7) is 2.90. The van der Waals surface area contributed by atoms with Gasteiger partial charge in [0.2, 0.25) is 5.82 Å². The van der Waals surface area contributed by atoms with Crippen molar-refractivity contribution in [3.63, 3.8) is 0 Å². The zero-order valence-electron chi connectivity index (χ0n) is 12.0. The van der Waals surface area contributed by atoms with E-state index in [9.17, 15) is 19.3 Å². The molecule has 0 saturated carbocycles. The molecule has 0 bridgehead atoms. The van der Waals surface area contributed by atoms with Crippen LogP contribution in [-0.4, -0.2) is 41.5 Å². The van der Waals surface area contributed by atoms with Gasteiger partial charge >= 0.3 is 5.69 Å². The van der Waals surface area contributed by atoms with Crippen molar-refractivity contribution in [3.8, 4) is 0 Å². The fraction of sp³-hybridized carbons (Fsp3) is 0.500. The number of nitro groups is 1. The summed E-state index contributed by atoms with van der Waals surface area (Å²) in [5.74, 6) is -1.34. The highest BCUT2D eigenvalue weighted by Crippen LogP contribution is 2.26. The first kappa shape index (κ1) is 15.4. The van der Waals surface area contributed by atoms with Crippen molar-refractivity contribution in [2.45, 2.75) is 25.4 Å². The van der Waals surface area contributed by atoms with Gasteiger partial charge in [0.15, 0.2) is 0 Å². The molecule has 0 spiro atoms. The lowest BCUT2D eigenvalue weighted by molar-refractivity contribution is -0.387. The quantitative estimate of drug-likeness (QED) is 0.634. The molecule has 6 nitrogen and oxygen atoms in total. The van der Waals surface area contributed by atoms with Gasteiger partial charge in [-0.1, -0.05) is 0 Å². The molecule has 0 radical (unpaired) electrons. The van der Waals surface area contributed by atoms with Gasteiger partial charge in [0.1, 0.15) is 0 Å². The second-order valence-corrected chi connectivity index (χ2v) is 5.41. The van der Waals surface area contributed by atoms with Gasteiger partial charge in [-0.3, -0.25) is 14.9 Å². The highest BCUT2D eigenvalue weighted by atomic mass is 19.1. The lowest BCUT2D eigenvalue weighted by atomic mass is 9.94.